The van der Waals surface area contributed by atoms with Gasteiger partial charge in [0.2, 0.25) is 5.78 Å². The van der Waals surface area contributed by atoms with Crippen LogP contribution in [0.25, 0.3) is 0 Å². The number of fused-ring (bicyclic) bond motifs is 1. The van der Waals surface area contributed by atoms with Gasteiger partial charge in [-0.25, -0.2) is 4.79 Å². The van der Waals surface area contributed by atoms with Crippen LogP contribution in [0.4, 0.5) is 4.79 Å². The van der Waals surface area contributed by atoms with Gasteiger partial charge in [0.1, 0.15) is 0 Å². The van der Waals surface area contributed by atoms with Gasteiger partial charge in [0.25, 0.3) is 0 Å². The SMILES string of the molecule is O=C(O)CCCC[C@@H]1SC[C@@H]2NC(=O)N[C@@H]21.O=CC(=O)c1ccccc1. The maximum absolute atomic E-state index is 11.1. The maximum atomic E-state index is 11.1. The number of benzene rings is 1. The van der Waals surface area contributed by atoms with Crippen molar-refractivity contribution in [3.63, 3.8) is 0 Å². The molecule has 2 saturated heterocycles. The van der Waals surface area contributed by atoms with Crippen LogP contribution in [0.3, 0.4) is 0 Å². The van der Waals surface area contributed by atoms with Crippen LogP contribution >= 0.6 is 11.8 Å². The zero-order valence-corrected chi connectivity index (χ0v) is 15.0. The minimum Gasteiger partial charge on any atom is -0.481 e. The summed E-state index contributed by atoms with van der Waals surface area (Å²) < 4.78 is 0. The molecule has 0 aliphatic carbocycles. The number of carbonyl (C=O) groups is 4. The number of rotatable bonds is 7. The van der Waals surface area contributed by atoms with Crippen molar-refractivity contribution in [2.45, 2.75) is 43.0 Å². The number of carboxylic acid groups (broad SMARTS) is 1. The van der Waals surface area contributed by atoms with Crippen LogP contribution in [0.2, 0.25) is 0 Å². The van der Waals surface area contributed by atoms with Gasteiger partial charge >= 0.3 is 12.0 Å². The number of amides is 2. The molecule has 2 aliphatic heterocycles. The molecule has 3 N–H and O–H groups in total. The van der Waals surface area contributed by atoms with Gasteiger partial charge in [-0.3, -0.25) is 14.4 Å². The van der Waals surface area contributed by atoms with E-state index in [1.165, 1.54) is 0 Å². The Balaban J connectivity index is 0.000000209. The van der Waals surface area contributed by atoms with E-state index in [4.69, 9.17) is 5.11 Å². The highest BCUT2D eigenvalue weighted by Gasteiger charge is 2.42. The van der Waals surface area contributed by atoms with Crippen LogP contribution in [0, 0.1) is 0 Å². The lowest BCUT2D eigenvalue weighted by Crippen LogP contribution is -2.36. The number of hydrogen-bond donors (Lipinski definition) is 3. The van der Waals surface area contributed by atoms with Gasteiger partial charge in [0.15, 0.2) is 6.29 Å². The lowest BCUT2D eigenvalue weighted by molar-refractivity contribution is -0.137. The van der Waals surface area contributed by atoms with Crippen molar-refractivity contribution in [2.24, 2.45) is 0 Å². The molecule has 0 unspecified atom stereocenters. The Bertz CT molecular complexity index is 652. The molecule has 2 heterocycles. The number of carbonyl (C=O) groups excluding carboxylic acids is 3. The molecular formula is C18H22N2O5S. The first kappa shape index (κ1) is 20.0. The Kier molecular flexibility index (Phi) is 7.65. The molecule has 1 aromatic rings. The van der Waals surface area contributed by atoms with E-state index in [1.54, 1.807) is 30.3 Å². The van der Waals surface area contributed by atoms with E-state index in [9.17, 15) is 19.2 Å². The number of thioether (sulfide) groups is 1. The van der Waals surface area contributed by atoms with Crippen molar-refractivity contribution in [1.82, 2.24) is 10.6 Å². The Morgan fingerprint density at radius 2 is 1.92 bits per heavy atom. The van der Waals surface area contributed by atoms with Crippen LogP contribution in [0.1, 0.15) is 36.0 Å². The summed E-state index contributed by atoms with van der Waals surface area (Å²) in [5.74, 6) is -0.235. The summed E-state index contributed by atoms with van der Waals surface area (Å²) in [7, 11) is 0. The summed E-state index contributed by atoms with van der Waals surface area (Å²) in [6, 6.07) is 8.89. The molecule has 7 nitrogen and oxygen atoms in total. The fraction of sp³-hybridized carbons (Fsp3) is 0.444. The van der Waals surface area contributed by atoms with E-state index in [2.05, 4.69) is 10.6 Å². The second-order valence-electron chi connectivity index (χ2n) is 6.11. The van der Waals surface area contributed by atoms with Crippen molar-refractivity contribution < 1.29 is 24.3 Å². The van der Waals surface area contributed by atoms with E-state index >= 15 is 0 Å². The molecule has 3 rings (SSSR count). The number of nitrogens with one attached hydrogen (secondary N) is 2. The number of Topliss-reactive ketones (excluding diaryl/α,β-unsaturated/α-hetero) is 1. The molecule has 3 atom stereocenters. The Morgan fingerprint density at radius 1 is 1.19 bits per heavy atom. The fourth-order valence-corrected chi connectivity index (χ4v) is 4.48. The minimum atomic E-state index is -0.729. The lowest BCUT2D eigenvalue weighted by Gasteiger charge is -2.16. The number of ketones is 1. The van der Waals surface area contributed by atoms with E-state index in [1.807, 2.05) is 11.8 Å². The van der Waals surface area contributed by atoms with Gasteiger partial charge in [0.05, 0.1) is 12.1 Å². The van der Waals surface area contributed by atoms with Gasteiger partial charge in [-0.2, -0.15) is 11.8 Å². The summed E-state index contributed by atoms with van der Waals surface area (Å²) in [6.45, 7) is 0. The van der Waals surface area contributed by atoms with Gasteiger partial charge in [-0.15, -0.1) is 0 Å². The molecule has 2 fully saturated rings. The van der Waals surface area contributed by atoms with Crippen molar-refractivity contribution in [3.8, 4) is 0 Å². The van der Waals surface area contributed by atoms with Crippen molar-refractivity contribution in [1.29, 1.82) is 0 Å². The standard InChI is InChI=1S/C10H16N2O3S.C8H6O2/c13-8(14)4-2-1-3-7-9-6(5-16-7)11-10(15)12-9;9-6-8(10)7-4-2-1-3-5-7/h6-7,9H,1-5H2,(H,13,14)(H2,11,12,15);1-6H/t6-,7-,9-;/m0./s1. The molecule has 1 aromatic carbocycles. The second-order valence-corrected chi connectivity index (χ2v) is 7.38. The van der Waals surface area contributed by atoms with Crippen molar-refractivity contribution in [2.75, 3.05) is 5.75 Å². The third-order valence-corrected chi connectivity index (χ3v) is 5.74. The predicted octanol–water partition coefficient (Wildman–Crippen LogP) is 1.86. The highest BCUT2D eigenvalue weighted by Crippen LogP contribution is 2.33. The minimum absolute atomic E-state index is 0.0640. The average Bonchev–Trinajstić information content (AvgIpc) is 3.18. The predicted molar refractivity (Wildman–Crippen MR) is 98.4 cm³/mol. The van der Waals surface area contributed by atoms with Gasteiger partial charge in [0, 0.05) is 23.0 Å². The zero-order chi connectivity index (χ0) is 18.9. The molecule has 0 saturated carbocycles. The molecule has 140 valence electrons. The Hall–Kier alpha value is -2.35. The summed E-state index contributed by atoms with van der Waals surface area (Å²) in [5.41, 5.74) is 0.442. The Labute approximate surface area is 155 Å². The first-order valence-corrected chi connectivity index (χ1v) is 9.51. The molecular weight excluding hydrogens is 356 g/mol. The van der Waals surface area contributed by atoms with E-state index < -0.39 is 11.8 Å². The number of aldehydes is 1. The van der Waals surface area contributed by atoms with Gasteiger partial charge in [-0.05, 0) is 12.8 Å². The van der Waals surface area contributed by atoms with Gasteiger partial charge in [-0.1, -0.05) is 36.8 Å². The average molecular weight is 378 g/mol. The van der Waals surface area contributed by atoms with Crippen LogP contribution < -0.4 is 10.6 Å². The third kappa shape index (κ3) is 5.87. The van der Waals surface area contributed by atoms with Crippen molar-refractivity contribution >= 4 is 35.8 Å². The third-order valence-electron chi connectivity index (χ3n) is 4.23. The molecule has 0 aromatic heterocycles. The maximum Gasteiger partial charge on any atom is 0.315 e. The summed E-state index contributed by atoms with van der Waals surface area (Å²) in [4.78, 5) is 42.1. The highest BCUT2D eigenvalue weighted by molar-refractivity contribution is 8.00. The number of unbranched alkanes of at least 4 members (excludes halogenated alkanes) is 1. The monoisotopic (exact) mass is 378 g/mol. The Morgan fingerprint density at radius 3 is 2.58 bits per heavy atom. The van der Waals surface area contributed by atoms with Crippen LogP contribution in [0.15, 0.2) is 30.3 Å². The molecule has 2 aliphatic rings. The van der Waals surface area contributed by atoms with E-state index in [-0.39, 0.29) is 24.5 Å². The summed E-state index contributed by atoms with van der Waals surface area (Å²) >= 11 is 1.87. The largest absolute Gasteiger partial charge is 0.481 e. The number of urea groups is 1. The summed E-state index contributed by atoms with van der Waals surface area (Å²) in [5, 5.41) is 14.8. The normalized spacial score (nSPS) is 23.1. The second kappa shape index (κ2) is 9.96. The lowest BCUT2D eigenvalue weighted by atomic mass is 10.0. The number of aliphatic carboxylic acids is 1. The smallest absolute Gasteiger partial charge is 0.315 e. The zero-order valence-electron chi connectivity index (χ0n) is 14.2. The topological polar surface area (TPSA) is 113 Å². The first-order valence-electron chi connectivity index (χ1n) is 8.46. The molecule has 8 heteroatoms. The quantitative estimate of drug-likeness (QED) is 0.219. The van der Waals surface area contributed by atoms with E-state index in [0.717, 1.165) is 25.0 Å². The number of hydrogen-bond acceptors (Lipinski definition) is 5. The molecule has 0 bridgehead atoms. The molecule has 0 radical (unpaired) electrons. The number of carboxylic acids is 1. The molecule has 26 heavy (non-hydrogen) atoms. The molecule has 2 amide bonds. The van der Waals surface area contributed by atoms with Crippen LogP contribution in [-0.2, 0) is 9.59 Å². The first-order chi connectivity index (χ1) is 12.5. The fourth-order valence-electron chi connectivity index (χ4n) is 2.94. The van der Waals surface area contributed by atoms with Crippen molar-refractivity contribution in [3.05, 3.63) is 35.9 Å². The highest BCUT2D eigenvalue weighted by atomic mass is 32.2. The molecule has 0 spiro atoms. The van der Waals surface area contributed by atoms with Crippen LogP contribution in [-0.4, -0.2) is 52.3 Å². The van der Waals surface area contributed by atoms with E-state index in [0.29, 0.717) is 17.1 Å². The van der Waals surface area contributed by atoms with Crippen LogP contribution in [0.5, 0.6) is 0 Å². The van der Waals surface area contributed by atoms with Gasteiger partial charge < -0.3 is 15.7 Å². The summed E-state index contributed by atoms with van der Waals surface area (Å²) in [6.07, 6.45) is 3.20.